The van der Waals surface area contributed by atoms with E-state index in [0.29, 0.717) is 35.9 Å². The zero-order chi connectivity index (χ0) is 15.0. The number of ether oxygens (including phenoxy) is 3. The molecule has 2 heterocycles. The number of carbonyl (C=O) groups excluding carboxylic acids is 1. The minimum Gasteiger partial charge on any atom is -0.454 e. The second-order valence-electron chi connectivity index (χ2n) is 5.24. The molecular weight excluding hydrogens is 276 g/mol. The molecule has 0 spiro atoms. The Hall–Kier alpha value is -1.99. The summed E-state index contributed by atoms with van der Waals surface area (Å²) in [5.74, 6) is 0.875. The highest BCUT2D eigenvalue weighted by molar-refractivity contribution is 6.00. The molecule has 3 N–H and O–H groups in total. The normalized spacial score (nSPS) is 24.2. The zero-order valence-electron chi connectivity index (χ0n) is 11.7. The fraction of sp³-hybridized carbons (Fsp3) is 0.500. The third-order valence-electron chi connectivity index (χ3n) is 3.75. The number of nitrogen functional groups attached to an aromatic ring is 1. The molecule has 2 atom stereocenters. The Morgan fingerprint density at radius 2 is 2.14 bits per heavy atom. The number of morpholine rings is 1. The fourth-order valence-electron chi connectivity index (χ4n) is 2.51. The third-order valence-corrected chi connectivity index (χ3v) is 3.75. The number of anilines is 1. The molecule has 3 rings (SSSR count). The van der Waals surface area contributed by atoms with Gasteiger partial charge in [0, 0.05) is 18.3 Å². The average molecular weight is 294 g/mol. The molecular formula is C14H18N2O5. The second kappa shape index (κ2) is 5.42. The number of hydrogen-bond donors (Lipinski definition) is 2. The van der Waals surface area contributed by atoms with Crippen molar-refractivity contribution in [3.8, 4) is 11.5 Å². The summed E-state index contributed by atoms with van der Waals surface area (Å²) < 4.78 is 16.0. The summed E-state index contributed by atoms with van der Waals surface area (Å²) in [4.78, 5) is 14.4. The molecule has 21 heavy (non-hydrogen) atoms. The smallest absolute Gasteiger partial charge is 0.256 e. The average Bonchev–Trinajstić information content (AvgIpc) is 2.93. The summed E-state index contributed by atoms with van der Waals surface area (Å²) in [5, 5.41) is 9.20. The minimum atomic E-state index is -0.361. The van der Waals surface area contributed by atoms with Gasteiger partial charge in [0.25, 0.3) is 5.91 Å². The SMILES string of the molecule is CC1COC(CO)CN1C(=O)c1cc2c(cc1N)OCO2. The molecule has 7 heteroatoms. The molecule has 7 nitrogen and oxygen atoms in total. The molecule has 114 valence electrons. The molecule has 2 aliphatic heterocycles. The van der Waals surface area contributed by atoms with Gasteiger partial charge in [-0.05, 0) is 13.0 Å². The van der Waals surface area contributed by atoms with Gasteiger partial charge in [-0.15, -0.1) is 0 Å². The van der Waals surface area contributed by atoms with Gasteiger partial charge in [0.2, 0.25) is 6.79 Å². The van der Waals surface area contributed by atoms with Gasteiger partial charge >= 0.3 is 0 Å². The molecule has 0 saturated carbocycles. The maximum absolute atomic E-state index is 12.7. The fourth-order valence-corrected chi connectivity index (χ4v) is 2.51. The third kappa shape index (κ3) is 2.50. The Kier molecular flexibility index (Phi) is 3.60. The van der Waals surface area contributed by atoms with Crippen LogP contribution in [0.1, 0.15) is 17.3 Å². The number of amides is 1. The first-order chi connectivity index (χ1) is 10.1. The second-order valence-corrected chi connectivity index (χ2v) is 5.24. The van der Waals surface area contributed by atoms with Crippen molar-refractivity contribution in [3.05, 3.63) is 17.7 Å². The maximum atomic E-state index is 12.7. The van der Waals surface area contributed by atoms with Crippen LogP contribution in [-0.4, -0.2) is 54.6 Å². The first-order valence-electron chi connectivity index (χ1n) is 6.82. The Labute approximate surface area is 122 Å². The van der Waals surface area contributed by atoms with E-state index in [2.05, 4.69) is 0 Å². The lowest BCUT2D eigenvalue weighted by Gasteiger charge is -2.37. The monoisotopic (exact) mass is 294 g/mol. The van der Waals surface area contributed by atoms with Crippen LogP contribution in [0.25, 0.3) is 0 Å². The van der Waals surface area contributed by atoms with Crippen molar-refractivity contribution in [3.63, 3.8) is 0 Å². The van der Waals surface area contributed by atoms with Gasteiger partial charge in [0.1, 0.15) is 0 Å². The standard InChI is InChI=1S/C14H18N2O5/c1-8-6-19-9(5-17)4-16(8)14(18)10-2-12-13(3-11(10)15)21-7-20-12/h2-3,8-9,17H,4-7,15H2,1H3. The Balaban J connectivity index is 1.87. The summed E-state index contributed by atoms with van der Waals surface area (Å²) in [6, 6.07) is 3.13. The molecule has 1 saturated heterocycles. The topological polar surface area (TPSA) is 94.3 Å². The van der Waals surface area contributed by atoms with Gasteiger partial charge in [-0.3, -0.25) is 4.79 Å². The summed E-state index contributed by atoms with van der Waals surface area (Å²) >= 11 is 0. The first-order valence-corrected chi connectivity index (χ1v) is 6.82. The first kappa shape index (κ1) is 14.0. The molecule has 1 aromatic carbocycles. The van der Waals surface area contributed by atoms with Crippen LogP contribution in [0.3, 0.4) is 0 Å². The summed E-state index contributed by atoms with van der Waals surface area (Å²) in [6.07, 6.45) is -0.361. The molecule has 2 aliphatic rings. The predicted molar refractivity (Wildman–Crippen MR) is 74.3 cm³/mol. The van der Waals surface area contributed by atoms with Crippen molar-refractivity contribution in [2.75, 3.05) is 32.3 Å². The predicted octanol–water partition coefficient (Wildman–Crippen LogP) is 0.219. The molecule has 1 fully saturated rings. The Morgan fingerprint density at radius 3 is 2.86 bits per heavy atom. The van der Waals surface area contributed by atoms with Crippen molar-refractivity contribution in [1.82, 2.24) is 4.90 Å². The highest BCUT2D eigenvalue weighted by Gasteiger charge is 2.31. The van der Waals surface area contributed by atoms with Gasteiger partial charge in [-0.1, -0.05) is 0 Å². The van der Waals surface area contributed by atoms with Crippen LogP contribution in [0.15, 0.2) is 12.1 Å². The Bertz CT molecular complexity index is 563. The molecule has 0 aromatic heterocycles. The van der Waals surface area contributed by atoms with Crippen LogP contribution in [0, 0.1) is 0 Å². The number of hydrogen-bond acceptors (Lipinski definition) is 6. The number of nitrogens with two attached hydrogens (primary N) is 1. The number of fused-ring (bicyclic) bond motifs is 1. The molecule has 2 unspecified atom stereocenters. The lowest BCUT2D eigenvalue weighted by atomic mass is 10.1. The number of aliphatic hydroxyl groups excluding tert-OH is 1. The number of nitrogens with zero attached hydrogens (tertiary/aromatic N) is 1. The number of benzene rings is 1. The van der Waals surface area contributed by atoms with E-state index in [1.165, 1.54) is 0 Å². The molecule has 0 bridgehead atoms. The van der Waals surface area contributed by atoms with E-state index in [4.69, 9.17) is 19.9 Å². The van der Waals surface area contributed by atoms with Crippen molar-refractivity contribution in [1.29, 1.82) is 0 Å². The van der Waals surface area contributed by atoms with Crippen LogP contribution < -0.4 is 15.2 Å². The molecule has 0 radical (unpaired) electrons. The van der Waals surface area contributed by atoms with E-state index in [1.54, 1.807) is 17.0 Å². The quantitative estimate of drug-likeness (QED) is 0.758. The van der Waals surface area contributed by atoms with E-state index in [0.717, 1.165) is 0 Å². The van der Waals surface area contributed by atoms with E-state index >= 15 is 0 Å². The van der Waals surface area contributed by atoms with E-state index in [1.807, 2.05) is 6.92 Å². The molecule has 1 aromatic rings. The highest BCUT2D eigenvalue weighted by atomic mass is 16.7. The lowest BCUT2D eigenvalue weighted by Crippen LogP contribution is -2.52. The van der Waals surface area contributed by atoms with Gasteiger partial charge in [0.15, 0.2) is 11.5 Å². The van der Waals surface area contributed by atoms with Crippen LogP contribution in [0.4, 0.5) is 5.69 Å². The van der Waals surface area contributed by atoms with E-state index in [9.17, 15) is 9.90 Å². The summed E-state index contributed by atoms with van der Waals surface area (Å²) in [7, 11) is 0. The van der Waals surface area contributed by atoms with Gasteiger partial charge in [-0.25, -0.2) is 0 Å². The minimum absolute atomic E-state index is 0.0786. The molecule has 0 aliphatic carbocycles. The van der Waals surface area contributed by atoms with Crippen LogP contribution >= 0.6 is 0 Å². The van der Waals surface area contributed by atoms with Gasteiger partial charge in [-0.2, -0.15) is 0 Å². The number of rotatable bonds is 2. The van der Waals surface area contributed by atoms with Gasteiger partial charge in [0.05, 0.1) is 30.9 Å². The number of aliphatic hydroxyl groups is 1. The van der Waals surface area contributed by atoms with Crippen molar-refractivity contribution >= 4 is 11.6 Å². The van der Waals surface area contributed by atoms with Crippen molar-refractivity contribution in [2.45, 2.75) is 19.1 Å². The van der Waals surface area contributed by atoms with E-state index < -0.39 is 0 Å². The van der Waals surface area contributed by atoms with Crippen molar-refractivity contribution < 1.29 is 24.1 Å². The van der Waals surface area contributed by atoms with Gasteiger partial charge < -0.3 is 30.0 Å². The van der Waals surface area contributed by atoms with Crippen LogP contribution in [-0.2, 0) is 4.74 Å². The molecule has 1 amide bonds. The lowest BCUT2D eigenvalue weighted by molar-refractivity contribution is -0.0667. The van der Waals surface area contributed by atoms with Crippen molar-refractivity contribution in [2.24, 2.45) is 0 Å². The number of carbonyl (C=O) groups is 1. The Morgan fingerprint density at radius 1 is 1.43 bits per heavy atom. The largest absolute Gasteiger partial charge is 0.454 e. The van der Waals surface area contributed by atoms with Crippen LogP contribution in [0.5, 0.6) is 11.5 Å². The summed E-state index contributed by atoms with van der Waals surface area (Å²) in [6.45, 7) is 2.64. The summed E-state index contributed by atoms with van der Waals surface area (Å²) in [5.41, 5.74) is 6.68. The van der Waals surface area contributed by atoms with E-state index in [-0.39, 0.29) is 31.5 Å². The van der Waals surface area contributed by atoms with Crippen LogP contribution in [0.2, 0.25) is 0 Å². The maximum Gasteiger partial charge on any atom is 0.256 e. The highest BCUT2D eigenvalue weighted by Crippen LogP contribution is 2.36. The zero-order valence-corrected chi connectivity index (χ0v) is 11.7.